The summed E-state index contributed by atoms with van der Waals surface area (Å²) < 4.78 is 0. The minimum Gasteiger partial charge on any atom is -0.361 e. The standard InChI is InChI=1S/C18H26N4.HI/c1-3-19-18(22-11-4-5-12-22)20-10-9-15-13-21-17-14(2)7-6-8-16(15)17;/h6-8,13,21H,3-5,9-12H2,1-2H3,(H,19,20);1H. The number of H-pyrrole nitrogens is 1. The molecule has 2 heterocycles. The summed E-state index contributed by atoms with van der Waals surface area (Å²) in [6.45, 7) is 8.32. The molecule has 23 heavy (non-hydrogen) atoms. The third kappa shape index (κ3) is 4.19. The van der Waals surface area contributed by atoms with Crippen LogP contribution in [0.1, 0.15) is 30.9 Å². The van der Waals surface area contributed by atoms with Crippen molar-refractivity contribution in [1.29, 1.82) is 0 Å². The molecule has 0 amide bonds. The van der Waals surface area contributed by atoms with E-state index in [1.54, 1.807) is 0 Å². The van der Waals surface area contributed by atoms with Gasteiger partial charge in [-0.15, -0.1) is 24.0 Å². The van der Waals surface area contributed by atoms with Crippen molar-refractivity contribution in [2.24, 2.45) is 4.99 Å². The number of aryl methyl sites for hydroxylation is 1. The van der Waals surface area contributed by atoms with Gasteiger partial charge in [-0.1, -0.05) is 18.2 Å². The zero-order valence-electron chi connectivity index (χ0n) is 14.1. The highest BCUT2D eigenvalue weighted by molar-refractivity contribution is 14.0. The number of para-hydroxylation sites is 1. The summed E-state index contributed by atoms with van der Waals surface area (Å²) in [6, 6.07) is 6.48. The summed E-state index contributed by atoms with van der Waals surface area (Å²) in [5.41, 5.74) is 3.92. The van der Waals surface area contributed by atoms with Gasteiger partial charge in [0, 0.05) is 43.3 Å². The molecule has 0 spiro atoms. The minimum absolute atomic E-state index is 0. The van der Waals surface area contributed by atoms with E-state index < -0.39 is 0 Å². The van der Waals surface area contributed by atoms with E-state index in [-0.39, 0.29) is 24.0 Å². The van der Waals surface area contributed by atoms with Crippen molar-refractivity contribution >= 4 is 40.8 Å². The average molecular weight is 426 g/mol. The topological polar surface area (TPSA) is 43.4 Å². The van der Waals surface area contributed by atoms with Gasteiger partial charge >= 0.3 is 0 Å². The third-order valence-corrected chi connectivity index (χ3v) is 4.39. The van der Waals surface area contributed by atoms with Crippen LogP contribution in [0.25, 0.3) is 10.9 Å². The summed E-state index contributed by atoms with van der Waals surface area (Å²) in [6.07, 6.45) is 5.68. The van der Waals surface area contributed by atoms with Crippen molar-refractivity contribution in [2.75, 3.05) is 26.2 Å². The Kier molecular flexibility index (Phi) is 6.74. The monoisotopic (exact) mass is 426 g/mol. The number of guanidine groups is 1. The molecular weight excluding hydrogens is 399 g/mol. The molecule has 2 aromatic rings. The normalized spacial score (nSPS) is 15.0. The summed E-state index contributed by atoms with van der Waals surface area (Å²) >= 11 is 0. The van der Waals surface area contributed by atoms with Crippen LogP contribution in [-0.4, -0.2) is 42.0 Å². The third-order valence-electron chi connectivity index (χ3n) is 4.39. The van der Waals surface area contributed by atoms with Gasteiger partial charge in [-0.05, 0) is 44.2 Å². The number of benzene rings is 1. The van der Waals surface area contributed by atoms with Crippen LogP contribution < -0.4 is 5.32 Å². The van der Waals surface area contributed by atoms with Crippen LogP contribution in [0.15, 0.2) is 29.4 Å². The minimum atomic E-state index is 0. The molecule has 126 valence electrons. The van der Waals surface area contributed by atoms with Gasteiger partial charge in [0.25, 0.3) is 0 Å². The number of hydrogen-bond acceptors (Lipinski definition) is 1. The van der Waals surface area contributed by atoms with E-state index in [4.69, 9.17) is 4.99 Å². The summed E-state index contributed by atoms with van der Waals surface area (Å²) in [4.78, 5) is 10.6. The number of nitrogens with one attached hydrogen (secondary N) is 2. The predicted molar refractivity (Wildman–Crippen MR) is 109 cm³/mol. The molecule has 1 aromatic carbocycles. The molecule has 1 aromatic heterocycles. The molecule has 0 radical (unpaired) electrons. The van der Waals surface area contributed by atoms with E-state index in [0.29, 0.717) is 0 Å². The second-order valence-electron chi connectivity index (χ2n) is 5.99. The fourth-order valence-corrected chi connectivity index (χ4v) is 3.21. The number of aromatic amines is 1. The Bertz CT molecular complexity index is 656. The first-order valence-corrected chi connectivity index (χ1v) is 8.38. The van der Waals surface area contributed by atoms with Gasteiger partial charge in [0.15, 0.2) is 5.96 Å². The van der Waals surface area contributed by atoms with E-state index in [9.17, 15) is 0 Å². The maximum absolute atomic E-state index is 4.82. The summed E-state index contributed by atoms with van der Waals surface area (Å²) in [5, 5.41) is 4.75. The van der Waals surface area contributed by atoms with Crippen LogP contribution in [0.5, 0.6) is 0 Å². The lowest BCUT2D eigenvalue weighted by molar-refractivity contribution is 0.494. The number of aromatic nitrogens is 1. The fraction of sp³-hybridized carbons (Fsp3) is 0.500. The SMILES string of the molecule is CCNC(=NCCc1c[nH]c2c(C)cccc12)N1CCCC1.I. The molecule has 0 saturated carbocycles. The predicted octanol–water partition coefficient (Wildman–Crippen LogP) is 3.70. The Hall–Kier alpha value is -1.24. The highest BCUT2D eigenvalue weighted by Crippen LogP contribution is 2.21. The Labute approximate surface area is 155 Å². The molecule has 1 saturated heterocycles. The average Bonchev–Trinajstić information content (AvgIpc) is 3.17. The highest BCUT2D eigenvalue weighted by atomic mass is 127. The number of likely N-dealkylation sites (tertiary alicyclic amines) is 1. The van der Waals surface area contributed by atoms with E-state index in [1.165, 1.54) is 34.9 Å². The van der Waals surface area contributed by atoms with Crippen LogP contribution in [0.2, 0.25) is 0 Å². The first kappa shape index (κ1) is 18.1. The lowest BCUT2D eigenvalue weighted by atomic mass is 10.1. The zero-order valence-corrected chi connectivity index (χ0v) is 16.4. The molecule has 0 aliphatic carbocycles. The van der Waals surface area contributed by atoms with Crippen molar-refractivity contribution in [1.82, 2.24) is 15.2 Å². The van der Waals surface area contributed by atoms with Gasteiger partial charge in [0.2, 0.25) is 0 Å². The molecule has 0 unspecified atom stereocenters. The Morgan fingerprint density at radius 3 is 2.83 bits per heavy atom. The quantitative estimate of drug-likeness (QED) is 0.445. The highest BCUT2D eigenvalue weighted by Gasteiger charge is 2.15. The van der Waals surface area contributed by atoms with Crippen LogP contribution in [0.4, 0.5) is 0 Å². The maximum Gasteiger partial charge on any atom is 0.193 e. The van der Waals surface area contributed by atoms with Gasteiger partial charge in [0.05, 0.1) is 0 Å². The van der Waals surface area contributed by atoms with E-state index in [1.807, 2.05) is 0 Å². The van der Waals surface area contributed by atoms with Crippen molar-refractivity contribution in [3.8, 4) is 0 Å². The summed E-state index contributed by atoms with van der Waals surface area (Å²) in [7, 11) is 0. The van der Waals surface area contributed by atoms with Crippen molar-refractivity contribution in [3.63, 3.8) is 0 Å². The molecule has 1 aliphatic rings. The van der Waals surface area contributed by atoms with Gasteiger partial charge in [0.1, 0.15) is 0 Å². The van der Waals surface area contributed by atoms with Crippen LogP contribution >= 0.6 is 24.0 Å². The number of halogens is 1. The second-order valence-corrected chi connectivity index (χ2v) is 5.99. The maximum atomic E-state index is 4.82. The first-order valence-electron chi connectivity index (χ1n) is 8.38. The molecule has 0 atom stereocenters. The number of hydrogen-bond donors (Lipinski definition) is 2. The van der Waals surface area contributed by atoms with Gasteiger partial charge in [-0.3, -0.25) is 4.99 Å². The molecule has 2 N–H and O–H groups in total. The Morgan fingerprint density at radius 1 is 1.30 bits per heavy atom. The first-order chi connectivity index (χ1) is 10.8. The van der Waals surface area contributed by atoms with Gasteiger partial charge in [-0.25, -0.2) is 0 Å². The Balaban J connectivity index is 0.00000192. The molecule has 1 fully saturated rings. The van der Waals surface area contributed by atoms with E-state index in [2.05, 4.69) is 53.4 Å². The Morgan fingerprint density at radius 2 is 2.09 bits per heavy atom. The second kappa shape index (κ2) is 8.57. The van der Waals surface area contributed by atoms with Crippen LogP contribution in [0.3, 0.4) is 0 Å². The van der Waals surface area contributed by atoms with Crippen molar-refractivity contribution in [2.45, 2.75) is 33.1 Å². The molecule has 4 nitrogen and oxygen atoms in total. The van der Waals surface area contributed by atoms with E-state index >= 15 is 0 Å². The summed E-state index contributed by atoms with van der Waals surface area (Å²) in [5.74, 6) is 1.08. The largest absolute Gasteiger partial charge is 0.361 e. The van der Waals surface area contributed by atoms with Crippen LogP contribution in [0, 0.1) is 6.92 Å². The van der Waals surface area contributed by atoms with Gasteiger partial charge in [-0.2, -0.15) is 0 Å². The molecule has 1 aliphatic heterocycles. The zero-order chi connectivity index (χ0) is 15.4. The number of fused-ring (bicyclic) bond motifs is 1. The molecule has 5 heteroatoms. The molecular formula is C18H27IN4. The molecule has 3 rings (SSSR count). The number of aliphatic imine (C=N–C) groups is 1. The lowest BCUT2D eigenvalue weighted by Crippen LogP contribution is -2.39. The van der Waals surface area contributed by atoms with Crippen LogP contribution in [-0.2, 0) is 6.42 Å². The van der Waals surface area contributed by atoms with Gasteiger partial charge < -0.3 is 15.2 Å². The fourth-order valence-electron chi connectivity index (χ4n) is 3.21. The van der Waals surface area contributed by atoms with Crippen molar-refractivity contribution < 1.29 is 0 Å². The lowest BCUT2D eigenvalue weighted by Gasteiger charge is -2.20. The number of nitrogens with zero attached hydrogens (tertiary/aromatic N) is 2. The van der Waals surface area contributed by atoms with E-state index in [0.717, 1.165) is 38.6 Å². The smallest absolute Gasteiger partial charge is 0.193 e. The number of rotatable bonds is 4. The molecule has 0 bridgehead atoms. The van der Waals surface area contributed by atoms with Crippen molar-refractivity contribution in [3.05, 3.63) is 35.5 Å².